The van der Waals surface area contributed by atoms with Crippen LogP contribution in [-0.2, 0) is 0 Å². The van der Waals surface area contributed by atoms with Crippen LogP contribution in [0.4, 0.5) is 11.8 Å². The van der Waals surface area contributed by atoms with Gasteiger partial charge in [-0.15, -0.1) is 0 Å². The van der Waals surface area contributed by atoms with Crippen LogP contribution in [0.2, 0.25) is 5.02 Å². The first kappa shape index (κ1) is 13.4. The van der Waals surface area contributed by atoms with Crippen LogP contribution in [0.15, 0.2) is 6.20 Å². The van der Waals surface area contributed by atoms with E-state index < -0.39 is 0 Å². The number of aromatic nitrogens is 2. The average Bonchev–Trinajstić information content (AvgIpc) is 2.36. The molecule has 1 fully saturated rings. The minimum atomic E-state index is 0.473. The molecule has 1 heterocycles. The van der Waals surface area contributed by atoms with Crippen LogP contribution >= 0.6 is 11.6 Å². The van der Waals surface area contributed by atoms with E-state index in [1.165, 1.54) is 25.7 Å². The van der Waals surface area contributed by atoms with Gasteiger partial charge in [0.15, 0.2) is 5.82 Å². The Morgan fingerprint density at radius 3 is 2.89 bits per heavy atom. The van der Waals surface area contributed by atoms with Gasteiger partial charge in [-0.2, -0.15) is 4.98 Å². The molecule has 0 spiro atoms. The molecule has 4 nitrogen and oxygen atoms in total. The molecule has 1 aromatic heterocycles. The second-order valence-electron chi connectivity index (χ2n) is 4.93. The van der Waals surface area contributed by atoms with Gasteiger partial charge in [0, 0.05) is 12.6 Å². The smallest absolute Gasteiger partial charge is 0.224 e. The molecule has 1 aromatic rings. The number of halogens is 1. The molecule has 2 atom stereocenters. The molecular weight excluding hydrogens is 248 g/mol. The Bertz CT molecular complexity index is 397. The highest BCUT2D eigenvalue weighted by atomic mass is 35.5. The van der Waals surface area contributed by atoms with Gasteiger partial charge < -0.3 is 10.6 Å². The molecule has 2 rings (SSSR count). The van der Waals surface area contributed by atoms with Crippen LogP contribution in [0.3, 0.4) is 0 Å². The van der Waals surface area contributed by atoms with Gasteiger partial charge in [0.2, 0.25) is 5.95 Å². The van der Waals surface area contributed by atoms with E-state index in [9.17, 15) is 0 Å². The molecule has 0 aliphatic heterocycles. The third kappa shape index (κ3) is 3.25. The van der Waals surface area contributed by atoms with Gasteiger partial charge in [-0.3, -0.25) is 0 Å². The molecule has 0 radical (unpaired) electrons. The molecule has 100 valence electrons. The first-order valence-corrected chi connectivity index (χ1v) is 7.11. The van der Waals surface area contributed by atoms with E-state index in [-0.39, 0.29) is 0 Å². The predicted molar refractivity (Wildman–Crippen MR) is 76.2 cm³/mol. The normalized spacial score (nSPS) is 23.7. The van der Waals surface area contributed by atoms with E-state index in [0.29, 0.717) is 22.9 Å². The Balaban J connectivity index is 2.09. The van der Waals surface area contributed by atoms with Crippen molar-refractivity contribution in [1.82, 2.24) is 9.97 Å². The number of hydrogen-bond donors (Lipinski definition) is 2. The minimum Gasteiger partial charge on any atom is -0.366 e. The molecule has 2 N–H and O–H groups in total. The lowest BCUT2D eigenvalue weighted by Gasteiger charge is -2.30. The molecule has 1 saturated carbocycles. The van der Waals surface area contributed by atoms with Gasteiger partial charge in [-0.25, -0.2) is 4.98 Å². The first-order chi connectivity index (χ1) is 8.70. The molecule has 0 aromatic carbocycles. The Labute approximate surface area is 114 Å². The Hall–Kier alpha value is -1.03. The molecule has 18 heavy (non-hydrogen) atoms. The third-order valence-corrected chi connectivity index (χ3v) is 3.79. The van der Waals surface area contributed by atoms with E-state index in [0.717, 1.165) is 12.4 Å². The molecule has 5 heteroatoms. The van der Waals surface area contributed by atoms with Gasteiger partial charge in [-0.1, -0.05) is 31.4 Å². The number of nitrogens with zero attached hydrogens (tertiary/aromatic N) is 2. The van der Waals surface area contributed by atoms with Crippen molar-refractivity contribution < 1.29 is 0 Å². The lowest BCUT2D eigenvalue weighted by Crippen LogP contribution is -2.30. The Morgan fingerprint density at radius 2 is 2.17 bits per heavy atom. The van der Waals surface area contributed by atoms with Crippen LogP contribution in [0.25, 0.3) is 0 Å². The summed E-state index contributed by atoms with van der Waals surface area (Å²) < 4.78 is 0. The van der Waals surface area contributed by atoms with Crippen LogP contribution in [0.5, 0.6) is 0 Å². The summed E-state index contributed by atoms with van der Waals surface area (Å²) in [7, 11) is 0. The summed E-state index contributed by atoms with van der Waals surface area (Å²) in [6, 6.07) is 0.473. The lowest BCUT2D eigenvalue weighted by atomic mass is 9.86. The second kappa shape index (κ2) is 6.23. The summed E-state index contributed by atoms with van der Waals surface area (Å²) in [5, 5.41) is 7.17. The summed E-state index contributed by atoms with van der Waals surface area (Å²) in [5.41, 5.74) is 0. The van der Waals surface area contributed by atoms with Gasteiger partial charge >= 0.3 is 0 Å². The van der Waals surface area contributed by atoms with Crippen LogP contribution in [0, 0.1) is 5.92 Å². The maximum atomic E-state index is 6.15. The van der Waals surface area contributed by atoms with Gasteiger partial charge in [-0.05, 0) is 25.7 Å². The van der Waals surface area contributed by atoms with Crippen molar-refractivity contribution >= 4 is 23.4 Å². The number of anilines is 2. The van der Waals surface area contributed by atoms with Crippen molar-refractivity contribution in [3.63, 3.8) is 0 Å². The first-order valence-electron chi connectivity index (χ1n) is 6.73. The maximum absolute atomic E-state index is 6.15. The van der Waals surface area contributed by atoms with E-state index in [1.807, 2.05) is 6.92 Å². The Kier molecular flexibility index (Phi) is 4.64. The van der Waals surface area contributed by atoms with Crippen LogP contribution in [0.1, 0.15) is 39.5 Å². The quantitative estimate of drug-likeness (QED) is 0.877. The maximum Gasteiger partial charge on any atom is 0.224 e. The topological polar surface area (TPSA) is 49.8 Å². The summed E-state index contributed by atoms with van der Waals surface area (Å²) in [5.74, 6) is 2.06. The lowest BCUT2D eigenvalue weighted by molar-refractivity contribution is 0.349. The fourth-order valence-corrected chi connectivity index (χ4v) is 2.56. The SMILES string of the molecule is CCNc1ncc(Cl)c(NC2CCCCC2C)n1. The molecule has 0 bridgehead atoms. The van der Waals surface area contributed by atoms with Crippen LogP contribution < -0.4 is 10.6 Å². The monoisotopic (exact) mass is 268 g/mol. The van der Waals surface area contributed by atoms with Crippen molar-refractivity contribution in [2.45, 2.75) is 45.6 Å². The predicted octanol–water partition coefficient (Wildman–Crippen LogP) is 3.55. The van der Waals surface area contributed by atoms with E-state index in [4.69, 9.17) is 11.6 Å². The number of hydrogen-bond acceptors (Lipinski definition) is 4. The van der Waals surface area contributed by atoms with Gasteiger partial charge in [0.25, 0.3) is 0 Å². The molecule has 1 aliphatic rings. The van der Waals surface area contributed by atoms with Gasteiger partial charge in [0.05, 0.1) is 6.20 Å². The van der Waals surface area contributed by atoms with Crippen molar-refractivity contribution in [2.24, 2.45) is 5.92 Å². The zero-order valence-corrected chi connectivity index (χ0v) is 11.8. The fraction of sp³-hybridized carbons (Fsp3) is 0.692. The molecule has 2 unspecified atom stereocenters. The highest BCUT2D eigenvalue weighted by Gasteiger charge is 2.22. The molecule has 0 amide bonds. The summed E-state index contributed by atoms with van der Waals surface area (Å²) in [4.78, 5) is 8.57. The van der Waals surface area contributed by atoms with Gasteiger partial charge in [0.1, 0.15) is 5.02 Å². The zero-order valence-electron chi connectivity index (χ0n) is 11.0. The van der Waals surface area contributed by atoms with Crippen molar-refractivity contribution in [3.8, 4) is 0 Å². The number of rotatable bonds is 4. The second-order valence-corrected chi connectivity index (χ2v) is 5.34. The van der Waals surface area contributed by atoms with E-state index in [2.05, 4.69) is 27.5 Å². The van der Waals surface area contributed by atoms with E-state index in [1.54, 1.807) is 6.20 Å². The van der Waals surface area contributed by atoms with Crippen molar-refractivity contribution in [1.29, 1.82) is 0 Å². The largest absolute Gasteiger partial charge is 0.366 e. The van der Waals surface area contributed by atoms with E-state index >= 15 is 0 Å². The van der Waals surface area contributed by atoms with Crippen molar-refractivity contribution in [3.05, 3.63) is 11.2 Å². The molecular formula is C13H21ClN4. The minimum absolute atomic E-state index is 0.473. The Morgan fingerprint density at radius 1 is 1.39 bits per heavy atom. The highest BCUT2D eigenvalue weighted by Crippen LogP contribution is 2.28. The third-order valence-electron chi connectivity index (χ3n) is 3.51. The summed E-state index contributed by atoms with van der Waals surface area (Å²) >= 11 is 6.15. The average molecular weight is 269 g/mol. The summed E-state index contributed by atoms with van der Waals surface area (Å²) in [6.07, 6.45) is 6.74. The highest BCUT2D eigenvalue weighted by molar-refractivity contribution is 6.32. The zero-order chi connectivity index (χ0) is 13.0. The fourth-order valence-electron chi connectivity index (χ4n) is 2.42. The van der Waals surface area contributed by atoms with Crippen molar-refractivity contribution in [2.75, 3.05) is 17.2 Å². The van der Waals surface area contributed by atoms with Crippen LogP contribution in [-0.4, -0.2) is 22.6 Å². The molecule has 0 saturated heterocycles. The summed E-state index contributed by atoms with van der Waals surface area (Å²) in [6.45, 7) is 5.12. The molecule has 1 aliphatic carbocycles. The standard InChI is InChI=1S/C13H21ClN4/c1-3-15-13-16-8-10(14)12(18-13)17-11-7-5-4-6-9(11)2/h8-9,11H,3-7H2,1-2H3,(H2,15,16,17,18). The number of nitrogens with one attached hydrogen (secondary N) is 2.